The summed E-state index contributed by atoms with van der Waals surface area (Å²) in [7, 11) is 0.129. The van der Waals surface area contributed by atoms with Crippen molar-refractivity contribution in [2.24, 2.45) is 0 Å². The van der Waals surface area contributed by atoms with Gasteiger partial charge in [0.15, 0.2) is 12.0 Å². The number of nitrogens with one attached hydrogen (secondary N) is 1. The fourth-order valence-corrected chi connectivity index (χ4v) is 2.16. The number of ether oxygens (including phenoxy) is 1. The lowest BCUT2D eigenvalue weighted by Gasteiger charge is -2.10. The Morgan fingerprint density at radius 2 is 2.11 bits per heavy atom. The molecule has 8 heteroatoms. The predicted molar refractivity (Wildman–Crippen MR) is 68.7 cm³/mol. The molecule has 0 fully saturated rings. The van der Waals surface area contributed by atoms with Crippen LogP contribution in [0.5, 0.6) is 0 Å². The Morgan fingerprint density at radius 1 is 1.37 bits per heavy atom. The molecule has 0 atom stereocenters. The second kappa shape index (κ2) is 7.39. The number of sulfonamides is 1. The van der Waals surface area contributed by atoms with E-state index >= 15 is 0 Å². The maximum atomic E-state index is 11.7. The Morgan fingerprint density at radius 3 is 2.68 bits per heavy atom. The third-order valence-corrected chi connectivity index (χ3v) is 3.54. The Bertz CT molecular complexity index is 495. The molecule has 7 nitrogen and oxygen atoms in total. The van der Waals surface area contributed by atoms with Crippen LogP contribution in [-0.2, 0) is 14.8 Å². The van der Waals surface area contributed by atoms with Gasteiger partial charge < -0.3 is 14.1 Å². The molecule has 0 bridgehead atoms. The van der Waals surface area contributed by atoms with Gasteiger partial charge in [-0.3, -0.25) is 4.79 Å². The molecular weight excluding hydrogens is 272 g/mol. The predicted octanol–water partition coefficient (Wildman–Crippen LogP) is -0.0514. The first-order valence-corrected chi connectivity index (χ1v) is 7.21. The van der Waals surface area contributed by atoms with Crippen molar-refractivity contribution in [1.29, 1.82) is 0 Å². The second-order valence-corrected chi connectivity index (χ2v) is 5.79. The van der Waals surface area contributed by atoms with E-state index in [2.05, 4.69) is 4.72 Å². The maximum absolute atomic E-state index is 11.7. The molecule has 0 saturated heterocycles. The van der Waals surface area contributed by atoms with Gasteiger partial charge in [-0.2, -0.15) is 0 Å². The van der Waals surface area contributed by atoms with Crippen molar-refractivity contribution in [3.63, 3.8) is 0 Å². The van der Waals surface area contributed by atoms with Crippen LogP contribution in [0.1, 0.15) is 10.6 Å². The van der Waals surface area contributed by atoms with Crippen molar-refractivity contribution in [3.05, 3.63) is 17.9 Å². The van der Waals surface area contributed by atoms with Crippen LogP contribution in [0.4, 0.5) is 0 Å². The van der Waals surface area contributed by atoms with E-state index < -0.39 is 10.0 Å². The zero-order valence-corrected chi connectivity index (χ0v) is 11.8. The van der Waals surface area contributed by atoms with Gasteiger partial charge in [0.1, 0.15) is 0 Å². The average Bonchev–Trinajstić information content (AvgIpc) is 2.82. The highest BCUT2D eigenvalue weighted by molar-refractivity contribution is 7.89. The highest BCUT2D eigenvalue weighted by atomic mass is 32.2. The normalized spacial score (nSPS) is 11.9. The van der Waals surface area contributed by atoms with Crippen molar-refractivity contribution < 1.29 is 22.4 Å². The van der Waals surface area contributed by atoms with E-state index in [4.69, 9.17) is 9.15 Å². The molecule has 1 rings (SSSR count). The largest absolute Gasteiger partial charge is 0.440 e. The van der Waals surface area contributed by atoms with E-state index in [-0.39, 0.29) is 24.0 Å². The van der Waals surface area contributed by atoms with Gasteiger partial charge in [-0.25, -0.2) is 13.1 Å². The monoisotopic (exact) mass is 290 g/mol. The summed E-state index contributed by atoms with van der Waals surface area (Å²) in [5.74, 6) is -0.0254. The molecular formula is C11H18N2O5S. The Kier molecular flexibility index (Phi) is 6.16. The van der Waals surface area contributed by atoms with Crippen LogP contribution in [0.15, 0.2) is 21.6 Å². The van der Waals surface area contributed by atoms with Gasteiger partial charge in [0.2, 0.25) is 5.09 Å². The second-order valence-electron chi connectivity index (χ2n) is 4.09. The van der Waals surface area contributed by atoms with Gasteiger partial charge >= 0.3 is 0 Å². The lowest BCUT2D eigenvalue weighted by atomic mass is 10.5. The van der Waals surface area contributed by atoms with Gasteiger partial charge in [0, 0.05) is 13.1 Å². The number of nitrogens with zero attached hydrogens (tertiary/aromatic N) is 1. The van der Waals surface area contributed by atoms with E-state index in [0.717, 1.165) is 6.54 Å². The van der Waals surface area contributed by atoms with E-state index in [1.54, 1.807) is 0 Å². The molecule has 19 heavy (non-hydrogen) atoms. The number of furan rings is 1. The van der Waals surface area contributed by atoms with Gasteiger partial charge in [-0.05, 0) is 26.2 Å². The molecule has 0 saturated carbocycles. The Labute approximate surface area is 112 Å². The molecule has 1 heterocycles. The molecule has 1 aromatic heterocycles. The summed E-state index contributed by atoms with van der Waals surface area (Å²) >= 11 is 0. The molecule has 0 unspecified atom stereocenters. The molecule has 1 aromatic rings. The van der Waals surface area contributed by atoms with Crippen LogP contribution in [0.2, 0.25) is 0 Å². The Hall–Kier alpha value is -1.22. The quantitative estimate of drug-likeness (QED) is 0.506. The number of hydrogen-bond acceptors (Lipinski definition) is 6. The SMILES string of the molecule is CN(C)CCOCCNS(=O)(=O)c1ccc(C=O)o1. The number of carbonyl (C=O) groups is 1. The summed E-state index contributed by atoms with van der Waals surface area (Å²) in [6, 6.07) is 2.54. The van der Waals surface area contributed by atoms with Crippen LogP contribution in [-0.4, -0.2) is 60.0 Å². The van der Waals surface area contributed by atoms with Gasteiger partial charge in [0.05, 0.1) is 13.2 Å². The van der Waals surface area contributed by atoms with Crippen LogP contribution in [0.3, 0.4) is 0 Å². The third kappa shape index (κ3) is 5.52. The summed E-state index contributed by atoms with van der Waals surface area (Å²) in [5, 5.41) is -0.275. The molecule has 108 valence electrons. The zero-order valence-electron chi connectivity index (χ0n) is 11.0. The molecule has 0 aliphatic carbocycles. The average molecular weight is 290 g/mol. The fourth-order valence-electron chi connectivity index (χ4n) is 1.21. The van der Waals surface area contributed by atoms with Gasteiger partial charge in [0.25, 0.3) is 10.0 Å². The number of hydrogen-bond donors (Lipinski definition) is 1. The lowest BCUT2D eigenvalue weighted by molar-refractivity contribution is 0.109. The van der Waals surface area contributed by atoms with E-state index in [1.807, 2.05) is 19.0 Å². The molecule has 0 spiro atoms. The molecule has 0 aliphatic heterocycles. The third-order valence-electron chi connectivity index (χ3n) is 2.20. The van der Waals surface area contributed by atoms with Crippen LogP contribution in [0.25, 0.3) is 0 Å². The van der Waals surface area contributed by atoms with Gasteiger partial charge in [-0.1, -0.05) is 0 Å². The summed E-state index contributed by atoms with van der Waals surface area (Å²) in [6.45, 7) is 1.72. The summed E-state index contributed by atoms with van der Waals surface area (Å²) in [4.78, 5) is 12.4. The summed E-state index contributed by atoms with van der Waals surface area (Å²) in [6.07, 6.45) is 0.448. The van der Waals surface area contributed by atoms with E-state index in [1.165, 1.54) is 12.1 Å². The highest BCUT2D eigenvalue weighted by Crippen LogP contribution is 2.11. The molecule has 0 amide bonds. The minimum absolute atomic E-state index is 0.0254. The molecule has 0 aromatic carbocycles. The number of aldehydes is 1. The first-order valence-electron chi connectivity index (χ1n) is 5.73. The van der Waals surface area contributed by atoms with Crippen molar-refractivity contribution in [1.82, 2.24) is 9.62 Å². The Balaban J connectivity index is 2.33. The number of carbonyl (C=O) groups excluding carboxylic acids is 1. The van der Waals surface area contributed by atoms with Crippen molar-refractivity contribution in [3.8, 4) is 0 Å². The first-order chi connectivity index (χ1) is 8.95. The summed E-state index contributed by atoms with van der Waals surface area (Å²) < 4.78 is 35.8. The van der Waals surface area contributed by atoms with Crippen molar-refractivity contribution >= 4 is 16.3 Å². The fraction of sp³-hybridized carbons (Fsp3) is 0.545. The minimum atomic E-state index is -3.72. The highest BCUT2D eigenvalue weighted by Gasteiger charge is 2.17. The maximum Gasteiger partial charge on any atom is 0.274 e. The van der Waals surface area contributed by atoms with Crippen molar-refractivity contribution in [2.75, 3.05) is 40.4 Å². The molecule has 0 radical (unpaired) electrons. The van der Waals surface area contributed by atoms with Gasteiger partial charge in [-0.15, -0.1) is 0 Å². The smallest absolute Gasteiger partial charge is 0.274 e. The van der Waals surface area contributed by atoms with Crippen LogP contribution < -0.4 is 4.72 Å². The zero-order chi connectivity index (χ0) is 14.3. The molecule has 0 aliphatic rings. The van der Waals surface area contributed by atoms with E-state index in [0.29, 0.717) is 12.9 Å². The van der Waals surface area contributed by atoms with E-state index in [9.17, 15) is 13.2 Å². The summed E-state index contributed by atoms with van der Waals surface area (Å²) in [5.41, 5.74) is 0. The molecule has 1 N–H and O–H groups in total. The van der Waals surface area contributed by atoms with Crippen LogP contribution >= 0.6 is 0 Å². The number of rotatable bonds is 9. The minimum Gasteiger partial charge on any atom is -0.440 e. The topological polar surface area (TPSA) is 88.9 Å². The van der Waals surface area contributed by atoms with Crippen molar-refractivity contribution in [2.45, 2.75) is 5.09 Å². The first kappa shape index (κ1) is 15.8. The number of likely N-dealkylation sites (N-methyl/N-ethyl adjacent to an activating group) is 1. The lowest BCUT2D eigenvalue weighted by Crippen LogP contribution is -2.28. The van der Waals surface area contributed by atoms with Crippen LogP contribution in [0, 0.1) is 0 Å². The standard InChI is InChI=1S/C11H18N2O5S/c1-13(2)6-8-17-7-5-12-19(15,16)11-4-3-10(9-14)18-11/h3-4,9,12H,5-8H2,1-2H3.